The molecule has 13 nitrogen and oxygen atoms in total. The lowest BCUT2D eigenvalue weighted by Crippen LogP contribution is -2.67. The van der Waals surface area contributed by atoms with Crippen molar-refractivity contribution < 1.29 is 48.0 Å². The number of nitrogens with zero attached hydrogens (tertiary/aromatic N) is 3. The first-order chi connectivity index (χ1) is 12.5. The molecule has 150 valence electrons. The fourth-order valence-corrected chi connectivity index (χ4v) is 2.41. The average Bonchev–Trinajstić information content (AvgIpc) is 2.51. The Hall–Kier alpha value is -2.89. The minimum absolute atomic E-state index is 0.554. The lowest BCUT2D eigenvalue weighted by molar-refractivity contribution is -0.349. The second kappa shape index (κ2) is 9.16. The quantitative estimate of drug-likeness (QED) is 0.208. The number of carbonyl (C=O) groups excluding carboxylic acids is 4. The maximum atomic E-state index is 11.5. The number of hydrogen-bond donors (Lipinski definition) is 1. The van der Waals surface area contributed by atoms with Gasteiger partial charge in [0.25, 0.3) is 5.91 Å². The molecule has 1 aliphatic rings. The van der Waals surface area contributed by atoms with E-state index in [1.807, 2.05) is 0 Å². The highest BCUT2D eigenvalue weighted by Gasteiger charge is 2.59. The van der Waals surface area contributed by atoms with Crippen molar-refractivity contribution in [1.82, 2.24) is 0 Å². The summed E-state index contributed by atoms with van der Waals surface area (Å²) < 4.78 is 25.0. The molecule has 1 aliphatic heterocycles. The van der Waals surface area contributed by atoms with E-state index < -0.39 is 60.8 Å². The third-order valence-corrected chi connectivity index (χ3v) is 3.22. The highest BCUT2D eigenvalue weighted by molar-refractivity contribution is 5.68. The lowest BCUT2D eigenvalue weighted by Gasteiger charge is -2.46. The zero-order valence-electron chi connectivity index (χ0n) is 15.0. The number of rotatable bonds is 6. The Morgan fingerprint density at radius 2 is 1.52 bits per heavy atom. The lowest BCUT2D eigenvalue weighted by atomic mass is 9.95. The van der Waals surface area contributed by atoms with E-state index >= 15 is 0 Å². The van der Waals surface area contributed by atoms with Gasteiger partial charge in [0.15, 0.2) is 12.2 Å². The molecule has 0 aliphatic carbocycles. The van der Waals surface area contributed by atoms with Crippen molar-refractivity contribution in [3.8, 4) is 0 Å². The fourth-order valence-electron chi connectivity index (χ4n) is 2.41. The summed E-state index contributed by atoms with van der Waals surface area (Å²) in [7, 11) is 0. The van der Waals surface area contributed by atoms with Crippen molar-refractivity contribution in [2.24, 2.45) is 5.11 Å². The zero-order chi connectivity index (χ0) is 20.8. The molecule has 13 heteroatoms. The molecule has 0 aromatic rings. The first kappa shape index (κ1) is 22.2. The highest BCUT2D eigenvalue weighted by atomic mass is 16.7. The summed E-state index contributed by atoms with van der Waals surface area (Å²) in [5.41, 5.74) is 8.72. The van der Waals surface area contributed by atoms with Crippen LogP contribution in [0.2, 0.25) is 0 Å². The van der Waals surface area contributed by atoms with Crippen LogP contribution in [0.3, 0.4) is 0 Å². The van der Waals surface area contributed by atoms with E-state index in [0.717, 1.165) is 27.7 Å². The van der Waals surface area contributed by atoms with Crippen molar-refractivity contribution >= 4 is 23.9 Å². The van der Waals surface area contributed by atoms with E-state index in [9.17, 15) is 24.3 Å². The normalized spacial score (nSPS) is 29.7. The maximum Gasteiger partial charge on any atom is 0.303 e. The Morgan fingerprint density at radius 1 is 1.00 bits per heavy atom. The topological polar surface area (TPSA) is 183 Å². The number of esters is 4. The smallest absolute Gasteiger partial charge is 0.303 e. The number of aliphatic hydroxyl groups is 1. The third kappa shape index (κ3) is 6.09. The molecule has 0 aromatic carbocycles. The zero-order valence-corrected chi connectivity index (χ0v) is 15.0. The molecule has 1 heterocycles. The largest absolute Gasteiger partial charge is 0.463 e. The van der Waals surface area contributed by atoms with Crippen LogP contribution in [0.25, 0.3) is 10.4 Å². The summed E-state index contributed by atoms with van der Waals surface area (Å²) in [5, 5.41) is 13.6. The molecule has 0 spiro atoms. The standard InChI is InChI=1S/C14H19N3O10/c1-6(18)23-5-10-11(24-7(2)19)12(25-8(3)20)13(26-9(4)21)14(22,27-10)16-17-15/h10-13,22H,5H2,1-4H3/t10-,11+,12+,13-,14+/m1/s1. The van der Waals surface area contributed by atoms with Gasteiger partial charge in [-0.25, -0.2) is 0 Å². The van der Waals surface area contributed by atoms with Gasteiger partial charge in [0, 0.05) is 32.6 Å². The summed E-state index contributed by atoms with van der Waals surface area (Å²) in [6.07, 6.45) is -6.36. The summed E-state index contributed by atoms with van der Waals surface area (Å²) in [5.74, 6) is -6.21. The Morgan fingerprint density at radius 3 is 1.96 bits per heavy atom. The molecule has 5 atom stereocenters. The summed E-state index contributed by atoms with van der Waals surface area (Å²) >= 11 is 0. The van der Waals surface area contributed by atoms with E-state index in [1.165, 1.54) is 0 Å². The monoisotopic (exact) mass is 389 g/mol. The average molecular weight is 389 g/mol. The predicted octanol–water partition coefficient (Wildman–Crippen LogP) is -0.300. The number of ether oxygens (including phenoxy) is 5. The van der Waals surface area contributed by atoms with Gasteiger partial charge in [-0.2, -0.15) is 0 Å². The first-order valence-electron chi connectivity index (χ1n) is 7.61. The second-order valence-electron chi connectivity index (χ2n) is 5.49. The van der Waals surface area contributed by atoms with Gasteiger partial charge in [-0.3, -0.25) is 19.2 Å². The van der Waals surface area contributed by atoms with Gasteiger partial charge in [-0.15, -0.1) is 0 Å². The molecule has 1 rings (SSSR count). The van der Waals surface area contributed by atoms with Crippen LogP contribution in [0.1, 0.15) is 27.7 Å². The summed E-state index contributed by atoms with van der Waals surface area (Å²) in [6, 6.07) is 0. The summed E-state index contributed by atoms with van der Waals surface area (Å²) in [4.78, 5) is 47.9. The van der Waals surface area contributed by atoms with E-state index in [-0.39, 0.29) is 0 Å². The molecule has 1 fully saturated rings. The van der Waals surface area contributed by atoms with Crippen LogP contribution in [0, 0.1) is 0 Å². The second-order valence-corrected chi connectivity index (χ2v) is 5.49. The predicted molar refractivity (Wildman–Crippen MR) is 82.3 cm³/mol. The Kier molecular flexibility index (Phi) is 7.52. The van der Waals surface area contributed by atoms with E-state index in [0.29, 0.717) is 0 Å². The van der Waals surface area contributed by atoms with Crippen LogP contribution in [0.15, 0.2) is 5.11 Å². The van der Waals surface area contributed by atoms with Crippen molar-refractivity contribution in [1.29, 1.82) is 0 Å². The highest BCUT2D eigenvalue weighted by Crippen LogP contribution is 2.35. The minimum atomic E-state index is -2.83. The number of azide groups is 1. The minimum Gasteiger partial charge on any atom is -0.463 e. The molecule has 27 heavy (non-hydrogen) atoms. The molecule has 0 saturated carbocycles. The van der Waals surface area contributed by atoms with Gasteiger partial charge in [0.1, 0.15) is 12.7 Å². The molecule has 1 N–H and O–H groups in total. The molecule has 0 unspecified atom stereocenters. The van der Waals surface area contributed by atoms with Gasteiger partial charge in [-0.05, 0) is 10.6 Å². The van der Waals surface area contributed by atoms with Gasteiger partial charge in [0.05, 0.1) is 0 Å². The van der Waals surface area contributed by atoms with Gasteiger partial charge in [0.2, 0.25) is 6.10 Å². The first-order valence-corrected chi connectivity index (χ1v) is 7.61. The van der Waals surface area contributed by atoms with Gasteiger partial charge < -0.3 is 28.8 Å². The van der Waals surface area contributed by atoms with Crippen molar-refractivity contribution in [3.63, 3.8) is 0 Å². The van der Waals surface area contributed by atoms with Crippen LogP contribution in [0.5, 0.6) is 0 Å². The fraction of sp³-hybridized carbons (Fsp3) is 0.714. The molecule has 0 bridgehead atoms. The maximum absolute atomic E-state index is 11.5. The Balaban J connectivity index is 3.43. The molecular formula is C14H19N3O10. The van der Waals surface area contributed by atoms with Crippen molar-refractivity contribution in [3.05, 3.63) is 10.4 Å². The van der Waals surface area contributed by atoms with E-state index in [1.54, 1.807) is 0 Å². The molecular weight excluding hydrogens is 370 g/mol. The van der Waals surface area contributed by atoms with Crippen LogP contribution >= 0.6 is 0 Å². The van der Waals surface area contributed by atoms with Crippen LogP contribution in [-0.4, -0.2) is 65.9 Å². The SMILES string of the molecule is CC(=O)OC[C@H]1O[C@](O)(N=[N+]=[N-])[C@H](OC(C)=O)[C@@H](OC(C)=O)[C@H]1OC(C)=O. The molecule has 0 amide bonds. The van der Waals surface area contributed by atoms with Gasteiger partial charge >= 0.3 is 23.9 Å². The molecule has 0 aromatic heterocycles. The van der Waals surface area contributed by atoms with Crippen molar-refractivity contribution in [2.75, 3.05) is 6.61 Å². The van der Waals surface area contributed by atoms with Crippen molar-refractivity contribution in [2.45, 2.75) is 58.0 Å². The van der Waals surface area contributed by atoms with Gasteiger partial charge in [-0.1, -0.05) is 0 Å². The Labute approximate surface area is 153 Å². The Bertz CT molecular complexity index is 662. The van der Waals surface area contributed by atoms with Crippen LogP contribution in [-0.2, 0) is 42.9 Å². The van der Waals surface area contributed by atoms with E-state index in [2.05, 4.69) is 10.0 Å². The number of hydrogen-bond acceptors (Lipinski definition) is 11. The third-order valence-electron chi connectivity index (χ3n) is 3.22. The van der Waals surface area contributed by atoms with Crippen LogP contribution < -0.4 is 0 Å². The summed E-state index contributed by atoms with van der Waals surface area (Å²) in [6.45, 7) is 3.57. The molecule has 0 radical (unpaired) electrons. The van der Waals surface area contributed by atoms with Crippen LogP contribution in [0.4, 0.5) is 0 Å². The molecule has 1 saturated heterocycles. The number of carbonyl (C=O) groups is 4. The van der Waals surface area contributed by atoms with E-state index in [4.69, 9.17) is 29.2 Å².